The molecule has 2 rings (SSSR count). The van der Waals surface area contributed by atoms with Crippen molar-refractivity contribution in [3.8, 4) is 11.5 Å². The maximum atomic E-state index is 10.6. The molecular formula is C14H15NO4. The zero-order chi connectivity index (χ0) is 13.8. The maximum absolute atomic E-state index is 10.6. The van der Waals surface area contributed by atoms with Gasteiger partial charge in [-0.1, -0.05) is 6.07 Å². The van der Waals surface area contributed by atoms with Crippen molar-refractivity contribution in [3.63, 3.8) is 0 Å². The van der Waals surface area contributed by atoms with Gasteiger partial charge < -0.3 is 14.6 Å². The number of carbonyl (C=O) groups is 1. The van der Waals surface area contributed by atoms with Gasteiger partial charge in [-0.25, -0.2) is 4.98 Å². The molecule has 0 spiro atoms. The largest absolute Gasteiger partial charge is 0.497 e. The second-order valence-electron chi connectivity index (χ2n) is 4.10. The number of ether oxygens (including phenoxy) is 2. The first-order valence-electron chi connectivity index (χ1n) is 5.87. The van der Waals surface area contributed by atoms with Crippen LogP contribution in [-0.2, 0) is 11.2 Å². The summed E-state index contributed by atoms with van der Waals surface area (Å²) < 4.78 is 10.5. The molecule has 1 aromatic heterocycles. The molecular weight excluding hydrogens is 246 g/mol. The van der Waals surface area contributed by atoms with Crippen molar-refractivity contribution >= 4 is 16.9 Å². The zero-order valence-corrected chi connectivity index (χ0v) is 10.8. The third kappa shape index (κ3) is 2.93. The van der Waals surface area contributed by atoms with Crippen LogP contribution in [-0.4, -0.2) is 30.3 Å². The fraction of sp³-hybridized carbons (Fsp3) is 0.286. The Morgan fingerprint density at radius 3 is 2.68 bits per heavy atom. The summed E-state index contributed by atoms with van der Waals surface area (Å²) in [6.07, 6.45) is 0.470. The van der Waals surface area contributed by atoms with E-state index in [1.807, 2.05) is 18.2 Å². The Morgan fingerprint density at radius 1 is 1.26 bits per heavy atom. The lowest BCUT2D eigenvalue weighted by Crippen LogP contribution is -2.00. The van der Waals surface area contributed by atoms with Crippen LogP contribution in [0.3, 0.4) is 0 Å². The summed E-state index contributed by atoms with van der Waals surface area (Å²) in [7, 11) is 3.16. The number of hydrogen-bond donors (Lipinski definition) is 1. The van der Waals surface area contributed by atoms with E-state index in [-0.39, 0.29) is 6.42 Å². The van der Waals surface area contributed by atoms with Crippen LogP contribution in [0, 0.1) is 0 Å². The summed E-state index contributed by atoms with van der Waals surface area (Å²) in [4.78, 5) is 15.0. The van der Waals surface area contributed by atoms with Crippen molar-refractivity contribution in [2.75, 3.05) is 14.2 Å². The van der Waals surface area contributed by atoms with Crippen molar-refractivity contribution in [2.45, 2.75) is 12.8 Å². The van der Waals surface area contributed by atoms with Crippen molar-refractivity contribution in [3.05, 3.63) is 30.0 Å². The van der Waals surface area contributed by atoms with Crippen LogP contribution in [0.4, 0.5) is 0 Å². The number of aryl methyl sites for hydroxylation is 1. The monoisotopic (exact) mass is 261 g/mol. The molecule has 0 aliphatic heterocycles. The molecule has 100 valence electrons. The number of aromatic nitrogens is 1. The Bertz CT molecular complexity index is 610. The average Bonchev–Trinajstić information content (AvgIpc) is 2.43. The van der Waals surface area contributed by atoms with Gasteiger partial charge in [-0.05, 0) is 12.1 Å². The normalized spacial score (nSPS) is 10.4. The summed E-state index contributed by atoms with van der Waals surface area (Å²) in [5.74, 6) is 0.486. The molecule has 5 nitrogen and oxygen atoms in total. The lowest BCUT2D eigenvalue weighted by atomic mass is 10.1. The Balaban J connectivity index is 2.43. The SMILES string of the molecule is COc1cc(OC)c2nc(CCC(=O)O)ccc2c1. The number of nitrogens with zero attached hydrogens (tertiary/aromatic N) is 1. The molecule has 1 N–H and O–H groups in total. The summed E-state index contributed by atoms with van der Waals surface area (Å²) >= 11 is 0. The Hall–Kier alpha value is -2.30. The van der Waals surface area contributed by atoms with E-state index in [9.17, 15) is 4.79 Å². The van der Waals surface area contributed by atoms with Crippen LogP contribution in [0.5, 0.6) is 11.5 Å². The Kier molecular flexibility index (Phi) is 3.85. The van der Waals surface area contributed by atoms with Gasteiger partial charge in [0.1, 0.15) is 17.0 Å². The average molecular weight is 261 g/mol. The Labute approximate surface area is 110 Å². The number of benzene rings is 1. The van der Waals surface area contributed by atoms with Gasteiger partial charge in [-0.3, -0.25) is 4.79 Å². The standard InChI is InChI=1S/C14H15NO4/c1-18-11-7-9-3-4-10(5-6-13(16)17)15-14(9)12(8-11)19-2/h3-4,7-8H,5-6H2,1-2H3,(H,16,17). The van der Waals surface area contributed by atoms with Gasteiger partial charge in [0.05, 0.1) is 20.6 Å². The number of pyridine rings is 1. The van der Waals surface area contributed by atoms with E-state index in [4.69, 9.17) is 14.6 Å². The highest BCUT2D eigenvalue weighted by atomic mass is 16.5. The fourth-order valence-electron chi connectivity index (χ4n) is 1.86. The van der Waals surface area contributed by atoms with E-state index in [2.05, 4.69) is 4.98 Å². The van der Waals surface area contributed by atoms with Gasteiger partial charge in [-0.15, -0.1) is 0 Å². The number of hydrogen-bond acceptors (Lipinski definition) is 4. The number of fused-ring (bicyclic) bond motifs is 1. The van der Waals surface area contributed by atoms with Crippen LogP contribution in [0.25, 0.3) is 10.9 Å². The van der Waals surface area contributed by atoms with E-state index in [0.717, 1.165) is 11.1 Å². The number of rotatable bonds is 5. The molecule has 0 aliphatic rings. The minimum atomic E-state index is -0.830. The molecule has 2 aromatic rings. The van der Waals surface area contributed by atoms with Gasteiger partial charge in [0.2, 0.25) is 0 Å². The van der Waals surface area contributed by atoms with E-state index >= 15 is 0 Å². The molecule has 1 heterocycles. The van der Waals surface area contributed by atoms with Crippen LogP contribution in [0.2, 0.25) is 0 Å². The maximum Gasteiger partial charge on any atom is 0.303 e. The van der Waals surface area contributed by atoms with Gasteiger partial charge in [0.25, 0.3) is 0 Å². The first-order valence-corrected chi connectivity index (χ1v) is 5.87. The van der Waals surface area contributed by atoms with E-state index < -0.39 is 5.97 Å². The summed E-state index contributed by atoms with van der Waals surface area (Å²) in [6.45, 7) is 0. The molecule has 0 aliphatic carbocycles. The molecule has 0 saturated heterocycles. The molecule has 0 unspecified atom stereocenters. The second-order valence-corrected chi connectivity index (χ2v) is 4.10. The van der Waals surface area contributed by atoms with Crippen LogP contribution < -0.4 is 9.47 Å². The predicted octanol–water partition coefficient (Wildman–Crippen LogP) is 2.27. The van der Waals surface area contributed by atoms with Crippen LogP contribution in [0.1, 0.15) is 12.1 Å². The summed E-state index contributed by atoms with van der Waals surface area (Å²) in [6, 6.07) is 7.34. The third-order valence-corrected chi connectivity index (χ3v) is 2.84. The molecule has 0 saturated carbocycles. The van der Waals surface area contributed by atoms with E-state index in [0.29, 0.717) is 23.4 Å². The van der Waals surface area contributed by atoms with Crippen LogP contribution in [0.15, 0.2) is 24.3 Å². The third-order valence-electron chi connectivity index (χ3n) is 2.84. The zero-order valence-electron chi connectivity index (χ0n) is 10.8. The predicted molar refractivity (Wildman–Crippen MR) is 70.8 cm³/mol. The lowest BCUT2D eigenvalue weighted by Gasteiger charge is -2.09. The molecule has 19 heavy (non-hydrogen) atoms. The molecule has 0 fully saturated rings. The summed E-state index contributed by atoms with van der Waals surface area (Å²) in [5.41, 5.74) is 1.45. The second kappa shape index (κ2) is 5.56. The highest BCUT2D eigenvalue weighted by molar-refractivity contribution is 5.86. The Morgan fingerprint density at radius 2 is 2.05 bits per heavy atom. The number of carboxylic acids is 1. The highest BCUT2D eigenvalue weighted by Gasteiger charge is 2.08. The van der Waals surface area contributed by atoms with Gasteiger partial charge >= 0.3 is 5.97 Å². The minimum absolute atomic E-state index is 0.0664. The first kappa shape index (κ1) is 13.1. The van der Waals surface area contributed by atoms with Crippen molar-refractivity contribution in [1.29, 1.82) is 0 Å². The smallest absolute Gasteiger partial charge is 0.303 e. The van der Waals surface area contributed by atoms with Crippen molar-refractivity contribution < 1.29 is 19.4 Å². The quantitative estimate of drug-likeness (QED) is 0.894. The van der Waals surface area contributed by atoms with Gasteiger partial charge in [-0.2, -0.15) is 0 Å². The minimum Gasteiger partial charge on any atom is -0.497 e. The highest BCUT2D eigenvalue weighted by Crippen LogP contribution is 2.29. The van der Waals surface area contributed by atoms with E-state index in [1.165, 1.54) is 0 Å². The molecule has 0 radical (unpaired) electrons. The van der Waals surface area contributed by atoms with Gasteiger partial charge in [0, 0.05) is 23.6 Å². The first-order chi connectivity index (χ1) is 9.13. The summed E-state index contributed by atoms with van der Waals surface area (Å²) in [5, 5.41) is 9.59. The fourth-order valence-corrected chi connectivity index (χ4v) is 1.86. The van der Waals surface area contributed by atoms with Crippen LogP contribution >= 0.6 is 0 Å². The van der Waals surface area contributed by atoms with E-state index in [1.54, 1.807) is 20.3 Å². The van der Waals surface area contributed by atoms with Crippen molar-refractivity contribution in [2.24, 2.45) is 0 Å². The molecule has 1 aromatic carbocycles. The molecule has 0 atom stereocenters. The van der Waals surface area contributed by atoms with Gasteiger partial charge in [0.15, 0.2) is 0 Å². The number of carboxylic acid groups (broad SMARTS) is 1. The number of methoxy groups -OCH3 is 2. The molecule has 0 amide bonds. The molecule has 0 bridgehead atoms. The molecule has 5 heteroatoms. The topological polar surface area (TPSA) is 68.7 Å². The number of aliphatic carboxylic acids is 1. The van der Waals surface area contributed by atoms with Crippen molar-refractivity contribution in [1.82, 2.24) is 4.98 Å². The lowest BCUT2D eigenvalue weighted by molar-refractivity contribution is -0.136.